The van der Waals surface area contributed by atoms with E-state index >= 15 is 0 Å². The SMILES string of the molecule is CCOC(=O)CC1=CC(SCC(=O)Nc2c(C)cc(C)cc2C)=Nc2cc(C)c(C)cc2N1. The van der Waals surface area contributed by atoms with Crippen molar-refractivity contribution in [3.63, 3.8) is 0 Å². The Morgan fingerprint density at radius 3 is 2.33 bits per heavy atom. The van der Waals surface area contributed by atoms with Gasteiger partial charge in [0.05, 0.1) is 35.2 Å². The fraction of sp³-hybridized carbons (Fsp3) is 0.346. The maximum atomic E-state index is 12.7. The van der Waals surface area contributed by atoms with E-state index in [2.05, 4.69) is 22.8 Å². The van der Waals surface area contributed by atoms with Gasteiger partial charge >= 0.3 is 5.97 Å². The Morgan fingerprint density at radius 2 is 1.67 bits per heavy atom. The molecule has 0 radical (unpaired) electrons. The van der Waals surface area contributed by atoms with Crippen molar-refractivity contribution in [2.24, 2.45) is 4.99 Å². The molecule has 0 fully saturated rings. The molecule has 2 aromatic rings. The zero-order valence-electron chi connectivity index (χ0n) is 20.1. The lowest BCUT2D eigenvalue weighted by atomic mass is 10.1. The van der Waals surface area contributed by atoms with Gasteiger partial charge in [0.15, 0.2) is 0 Å². The molecule has 0 bridgehead atoms. The number of ether oxygens (including phenoxy) is 1. The van der Waals surface area contributed by atoms with E-state index in [1.807, 2.05) is 52.8 Å². The van der Waals surface area contributed by atoms with E-state index in [0.29, 0.717) is 17.3 Å². The molecule has 33 heavy (non-hydrogen) atoms. The van der Waals surface area contributed by atoms with Crippen LogP contribution in [0.5, 0.6) is 0 Å². The largest absolute Gasteiger partial charge is 0.466 e. The number of benzene rings is 2. The third kappa shape index (κ3) is 6.48. The lowest BCUT2D eigenvalue weighted by Crippen LogP contribution is -2.17. The van der Waals surface area contributed by atoms with Gasteiger partial charge < -0.3 is 15.4 Å². The van der Waals surface area contributed by atoms with Crippen molar-refractivity contribution in [1.82, 2.24) is 0 Å². The summed E-state index contributed by atoms with van der Waals surface area (Å²) in [6.07, 6.45) is 1.93. The minimum Gasteiger partial charge on any atom is -0.466 e. The van der Waals surface area contributed by atoms with Gasteiger partial charge in [0.2, 0.25) is 5.91 Å². The summed E-state index contributed by atoms with van der Waals surface area (Å²) in [5, 5.41) is 7.02. The summed E-state index contributed by atoms with van der Waals surface area (Å²) in [7, 11) is 0. The molecular weight excluding hydrogens is 434 g/mol. The summed E-state index contributed by atoms with van der Waals surface area (Å²) in [5.74, 6) is -0.207. The zero-order chi connectivity index (χ0) is 24.1. The number of amides is 1. The molecule has 3 rings (SSSR count). The first-order valence-corrected chi connectivity index (χ1v) is 12.0. The van der Waals surface area contributed by atoms with Gasteiger partial charge in [-0.15, -0.1) is 0 Å². The molecule has 7 heteroatoms. The number of carbonyl (C=O) groups excluding carboxylic acids is 2. The number of nitrogens with one attached hydrogen (secondary N) is 2. The van der Waals surface area contributed by atoms with Crippen LogP contribution in [0.1, 0.15) is 41.2 Å². The molecule has 0 unspecified atom stereocenters. The molecule has 1 heterocycles. The number of carbonyl (C=O) groups is 2. The first-order valence-electron chi connectivity index (χ1n) is 11.0. The fourth-order valence-electron chi connectivity index (χ4n) is 3.73. The van der Waals surface area contributed by atoms with Gasteiger partial charge in [-0.25, -0.2) is 4.99 Å². The molecule has 1 amide bonds. The number of aryl methyl sites for hydroxylation is 5. The zero-order valence-corrected chi connectivity index (χ0v) is 20.9. The van der Waals surface area contributed by atoms with Gasteiger partial charge in [0.25, 0.3) is 0 Å². The van der Waals surface area contributed by atoms with Crippen molar-refractivity contribution in [2.75, 3.05) is 23.0 Å². The van der Waals surface area contributed by atoms with Crippen LogP contribution in [0.3, 0.4) is 0 Å². The number of esters is 1. The number of aliphatic imine (C=N–C) groups is 1. The van der Waals surface area contributed by atoms with Gasteiger partial charge in [-0.3, -0.25) is 9.59 Å². The summed E-state index contributed by atoms with van der Waals surface area (Å²) in [5.41, 5.74) is 8.66. The van der Waals surface area contributed by atoms with Crippen LogP contribution < -0.4 is 10.6 Å². The predicted octanol–water partition coefficient (Wildman–Crippen LogP) is 5.89. The molecule has 1 aliphatic heterocycles. The van der Waals surface area contributed by atoms with Crippen molar-refractivity contribution in [2.45, 2.75) is 48.0 Å². The smallest absolute Gasteiger partial charge is 0.311 e. The van der Waals surface area contributed by atoms with Crippen LogP contribution in [-0.4, -0.2) is 29.3 Å². The summed E-state index contributed by atoms with van der Waals surface area (Å²) in [4.78, 5) is 29.6. The standard InChI is InChI=1S/C26H31N3O3S/c1-7-32-25(31)13-20-12-24(28-22-11-17(4)16(3)10-21(22)27-20)33-14-23(30)29-26-18(5)8-15(2)9-19(26)6/h8-12,27H,7,13-14H2,1-6H3,(H,29,30). The molecule has 0 atom stereocenters. The molecule has 2 aromatic carbocycles. The van der Waals surface area contributed by atoms with Crippen LogP contribution in [0, 0.1) is 34.6 Å². The van der Waals surface area contributed by atoms with Crippen LogP contribution in [0.15, 0.2) is 41.0 Å². The van der Waals surface area contributed by atoms with Crippen molar-refractivity contribution < 1.29 is 14.3 Å². The number of fused-ring (bicyclic) bond motifs is 1. The van der Waals surface area contributed by atoms with Crippen molar-refractivity contribution >= 4 is 45.7 Å². The number of hydrogen-bond donors (Lipinski definition) is 2. The Morgan fingerprint density at radius 1 is 1.00 bits per heavy atom. The van der Waals surface area contributed by atoms with Gasteiger partial charge in [-0.05, 0) is 82.0 Å². The molecule has 6 nitrogen and oxygen atoms in total. The molecule has 0 aromatic heterocycles. The van der Waals surface area contributed by atoms with E-state index in [4.69, 9.17) is 9.73 Å². The average Bonchev–Trinajstić information content (AvgIpc) is 2.88. The second-order valence-electron chi connectivity index (χ2n) is 8.29. The molecular formula is C26H31N3O3S. The van der Waals surface area contributed by atoms with Crippen LogP contribution in [0.4, 0.5) is 17.1 Å². The first-order chi connectivity index (χ1) is 15.7. The maximum Gasteiger partial charge on any atom is 0.311 e. The number of thioether (sulfide) groups is 1. The van der Waals surface area contributed by atoms with E-state index in [0.717, 1.165) is 39.3 Å². The van der Waals surface area contributed by atoms with E-state index in [-0.39, 0.29) is 24.1 Å². The van der Waals surface area contributed by atoms with Gasteiger partial charge in [0, 0.05) is 11.4 Å². The average molecular weight is 466 g/mol. The molecule has 0 spiro atoms. The quantitative estimate of drug-likeness (QED) is 0.520. The van der Waals surface area contributed by atoms with Crippen molar-refractivity contribution in [1.29, 1.82) is 0 Å². The summed E-state index contributed by atoms with van der Waals surface area (Å²) < 4.78 is 5.12. The minimum atomic E-state index is -0.309. The number of nitrogens with zero attached hydrogens (tertiary/aromatic N) is 1. The monoisotopic (exact) mass is 465 g/mol. The highest BCUT2D eigenvalue weighted by Crippen LogP contribution is 2.34. The van der Waals surface area contributed by atoms with Crippen molar-refractivity contribution in [3.8, 4) is 0 Å². The first kappa shape index (κ1) is 24.6. The molecule has 1 aliphatic rings. The van der Waals surface area contributed by atoms with E-state index < -0.39 is 0 Å². The Hall–Kier alpha value is -3.06. The fourth-order valence-corrected chi connectivity index (χ4v) is 4.47. The maximum absolute atomic E-state index is 12.7. The highest BCUT2D eigenvalue weighted by atomic mass is 32.2. The number of rotatable bonds is 6. The van der Waals surface area contributed by atoms with Crippen molar-refractivity contribution in [3.05, 3.63) is 63.9 Å². The topological polar surface area (TPSA) is 79.8 Å². The summed E-state index contributed by atoms with van der Waals surface area (Å²) >= 11 is 1.34. The number of hydrogen-bond acceptors (Lipinski definition) is 6. The number of anilines is 2. The second kappa shape index (κ2) is 10.7. The Balaban J connectivity index is 1.80. The molecule has 0 aliphatic carbocycles. The van der Waals surface area contributed by atoms with Crippen LogP contribution >= 0.6 is 11.8 Å². The van der Waals surface area contributed by atoms with Gasteiger partial charge in [0.1, 0.15) is 0 Å². The summed E-state index contributed by atoms with van der Waals surface area (Å²) in [6.45, 7) is 12.2. The molecule has 174 valence electrons. The van der Waals surface area contributed by atoms with Crippen LogP contribution in [-0.2, 0) is 14.3 Å². The molecule has 0 saturated heterocycles. The Labute approximate surface area is 199 Å². The third-order valence-electron chi connectivity index (χ3n) is 5.37. The lowest BCUT2D eigenvalue weighted by Gasteiger charge is -2.12. The second-order valence-corrected chi connectivity index (χ2v) is 9.29. The molecule has 0 saturated carbocycles. The van der Waals surface area contributed by atoms with Gasteiger partial charge in [-0.1, -0.05) is 29.5 Å². The lowest BCUT2D eigenvalue weighted by molar-refractivity contribution is -0.142. The van der Waals surface area contributed by atoms with E-state index in [1.54, 1.807) is 6.92 Å². The van der Waals surface area contributed by atoms with E-state index in [1.165, 1.54) is 17.3 Å². The van der Waals surface area contributed by atoms with E-state index in [9.17, 15) is 9.59 Å². The minimum absolute atomic E-state index is 0.101. The normalized spacial score (nSPS) is 12.7. The Kier molecular flexibility index (Phi) is 7.97. The summed E-state index contributed by atoms with van der Waals surface area (Å²) in [6, 6.07) is 8.15. The molecule has 2 N–H and O–H groups in total. The Bertz CT molecular complexity index is 1130. The predicted molar refractivity (Wildman–Crippen MR) is 138 cm³/mol. The van der Waals surface area contributed by atoms with Crippen LogP contribution in [0.2, 0.25) is 0 Å². The third-order valence-corrected chi connectivity index (χ3v) is 6.28. The van der Waals surface area contributed by atoms with Gasteiger partial charge in [-0.2, -0.15) is 0 Å². The highest BCUT2D eigenvalue weighted by molar-refractivity contribution is 8.14. The van der Waals surface area contributed by atoms with Crippen LogP contribution in [0.25, 0.3) is 0 Å². The highest BCUT2D eigenvalue weighted by Gasteiger charge is 2.17.